The highest BCUT2D eigenvalue weighted by Crippen LogP contribution is 2.27. The first-order valence-corrected chi connectivity index (χ1v) is 8.92. The van der Waals surface area contributed by atoms with Crippen molar-refractivity contribution in [2.45, 2.75) is 12.8 Å². The lowest BCUT2D eigenvalue weighted by atomic mass is 10.1. The Morgan fingerprint density at radius 3 is 2.26 bits per heavy atom. The maximum Gasteiger partial charge on any atom is 0.251 e. The molecule has 0 spiro atoms. The molecule has 0 heterocycles. The van der Waals surface area contributed by atoms with Crippen LogP contribution in [-0.2, 0) is 11.2 Å². The number of methoxy groups -OCH3 is 2. The number of rotatable bonds is 9. The van der Waals surface area contributed by atoms with Crippen molar-refractivity contribution in [3.8, 4) is 11.5 Å². The molecule has 0 bridgehead atoms. The number of hydrogen-bond acceptors (Lipinski definition) is 4. The van der Waals surface area contributed by atoms with Crippen LogP contribution in [-0.4, -0.2) is 39.1 Å². The third-order valence-electron chi connectivity index (χ3n) is 3.93. The molecule has 0 fully saturated rings. The lowest BCUT2D eigenvalue weighted by Gasteiger charge is -2.10. The zero-order chi connectivity index (χ0) is 19.6. The number of amides is 2. The fourth-order valence-electron chi connectivity index (χ4n) is 2.45. The summed E-state index contributed by atoms with van der Waals surface area (Å²) in [5.74, 6) is 0.735. The van der Waals surface area contributed by atoms with E-state index in [2.05, 4.69) is 10.6 Å². The van der Waals surface area contributed by atoms with Crippen LogP contribution in [0.1, 0.15) is 22.3 Å². The molecule has 2 rings (SSSR count). The van der Waals surface area contributed by atoms with Crippen LogP contribution < -0.4 is 20.1 Å². The largest absolute Gasteiger partial charge is 0.493 e. The zero-order valence-electron chi connectivity index (χ0n) is 15.4. The van der Waals surface area contributed by atoms with Crippen molar-refractivity contribution in [1.29, 1.82) is 0 Å². The van der Waals surface area contributed by atoms with Gasteiger partial charge in [0, 0.05) is 30.1 Å². The van der Waals surface area contributed by atoms with Crippen LogP contribution in [0.2, 0.25) is 5.02 Å². The van der Waals surface area contributed by atoms with Crippen LogP contribution in [0.5, 0.6) is 11.5 Å². The fourth-order valence-corrected chi connectivity index (χ4v) is 2.58. The number of halogens is 1. The van der Waals surface area contributed by atoms with Gasteiger partial charge in [-0.1, -0.05) is 23.7 Å². The van der Waals surface area contributed by atoms with Crippen molar-refractivity contribution >= 4 is 23.4 Å². The second kappa shape index (κ2) is 10.4. The maximum atomic E-state index is 12.2. The van der Waals surface area contributed by atoms with Gasteiger partial charge in [-0.3, -0.25) is 9.59 Å². The van der Waals surface area contributed by atoms with Crippen LogP contribution in [0.4, 0.5) is 0 Å². The van der Waals surface area contributed by atoms with Crippen molar-refractivity contribution in [1.82, 2.24) is 10.6 Å². The minimum Gasteiger partial charge on any atom is -0.493 e. The lowest BCUT2D eigenvalue weighted by molar-refractivity contribution is -0.121. The van der Waals surface area contributed by atoms with E-state index < -0.39 is 0 Å². The van der Waals surface area contributed by atoms with Gasteiger partial charge in [-0.25, -0.2) is 0 Å². The Hall–Kier alpha value is -2.73. The third kappa shape index (κ3) is 6.49. The van der Waals surface area contributed by atoms with Crippen LogP contribution in [0, 0.1) is 0 Å². The Morgan fingerprint density at radius 1 is 0.926 bits per heavy atom. The Balaban J connectivity index is 1.70. The molecule has 0 aromatic heterocycles. The average molecular weight is 391 g/mol. The first-order chi connectivity index (χ1) is 13.0. The highest BCUT2D eigenvalue weighted by atomic mass is 35.5. The summed E-state index contributed by atoms with van der Waals surface area (Å²) in [7, 11) is 3.05. The first-order valence-electron chi connectivity index (χ1n) is 8.55. The Labute approximate surface area is 163 Å². The van der Waals surface area contributed by atoms with Gasteiger partial charge in [-0.05, 0) is 42.3 Å². The molecule has 0 aliphatic heterocycles. The Bertz CT molecular complexity index is 778. The second-order valence-corrected chi connectivity index (χ2v) is 6.24. The SMILES string of the molecule is COc1ccc(C(=O)NCCNC(=O)CCc2ccc(Cl)cc2)cc1OC. The molecule has 0 saturated carbocycles. The number of carbonyl (C=O) groups excluding carboxylic acids is 2. The minimum absolute atomic E-state index is 0.0645. The lowest BCUT2D eigenvalue weighted by Crippen LogP contribution is -2.34. The molecular weight excluding hydrogens is 368 g/mol. The quantitative estimate of drug-likeness (QED) is 0.645. The predicted octanol–water partition coefficient (Wildman–Crippen LogP) is 2.84. The summed E-state index contributed by atoms with van der Waals surface area (Å²) in [6.07, 6.45) is 1.02. The van der Waals surface area contributed by atoms with Crippen LogP contribution >= 0.6 is 11.6 Å². The number of carbonyl (C=O) groups is 2. The molecule has 27 heavy (non-hydrogen) atoms. The van der Waals surface area contributed by atoms with Gasteiger partial charge in [0.15, 0.2) is 11.5 Å². The first kappa shape index (κ1) is 20.6. The van der Waals surface area contributed by atoms with Crippen molar-refractivity contribution in [2.75, 3.05) is 27.3 Å². The molecule has 2 amide bonds. The van der Waals surface area contributed by atoms with Crippen LogP contribution in [0.25, 0.3) is 0 Å². The average Bonchev–Trinajstić information content (AvgIpc) is 2.70. The molecule has 0 aliphatic rings. The zero-order valence-corrected chi connectivity index (χ0v) is 16.1. The topological polar surface area (TPSA) is 76.7 Å². The van der Waals surface area contributed by atoms with Gasteiger partial charge in [0.2, 0.25) is 5.91 Å². The molecule has 7 heteroatoms. The summed E-state index contributed by atoms with van der Waals surface area (Å²) < 4.78 is 10.3. The van der Waals surface area contributed by atoms with E-state index in [0.717, 1.165) is 5.56 Å². The molecule has 2 aromatic rings. The fraction of sp³-hybridized carbons (Fsp3) is 0.300. The molecule has 2 aromatic carbocycles. The smallest absolute Gasteiger partial charge is 0.251 e. The second-order valence-electron chi connectivity index (χ2n) is 5.80. The van der Waals surface area contributed by atoms with Crippen molar-refractivity contribution in [2.24, 2.45) is 0 Å². The monoisotopic (exact) mass is 390 g/mol. The van der Waals surface area contributed by atoms with E-state index in [1.807, 2.05) is 12.1 Å². The summed E-state index contributed by atoms with van der Waals surface area (Å²) in [5, 5.41) is 6.22. The third-order valence-corrected chi connectivity index (χ3v) is 4.18. The number of ether oxygens (including phenoxy) is 2. The normalized spacial score (nSPS) is 10.2. The molecule has 0 aliphatic carbocycles. The number of aryl methyl sites for hydroxylation is 1. The van der Waals surface area contributed by atoms with E-state index in [1.165, 1.54) is 14.2 Å². The van der Waals surface area contributed by atoms with E-state index in [9.17, 15) is 9.59 Å². The molecule has 0 saturated heterocycles. The standard InChI is InChI=1S/C20H23ClN2O4/c1-26-17-9-6-15(13-18(17)27-2)20(25)23-12-11-22-19(24)10-5-14-3-7-16(21)8-4-14/h3-4,6-9,13H,5,10-12H2,1-2H3,(H,22,24)(H,23,25). The number of benzene rings is 2. The van der Waals surface area contributed by atoms with Crippen molar-refractivity contribution in [3.63, 3.8) is 0 Å². The maximum absolute atomic E-state index is 12.2. The van der Waals surface area contributed by atoms with Crippen LogP contribution in [0.15, 0.2) is 42.5 Å². The molecular formula is C20H23ClN2O4. The Kier molecular flexibility index (Phi) is 7.95. The van der Waals surface area contributed by atoms with Gasteiger partial charge in [0.25, 0.3) is 5.91 Å². The molecule has 2 N–H and O–H groups in total. The van der Waals surface area contributed by atoms with E-state index in [1.54, 1.807) is 30.3 Å². The van der Waals surface area contributed by atoms with E-state index in [4.69, 9.17) is 21.1 Å². The summed E-state index contributed by atoms with van der Waals surface area (Å²) in [4.78, 5) is 24.0. The van der Waals surface area contributed by atoms with Crippen molar-refractivity contribution < 1.29 is 19.1 Å². The molecule has 0 atom stereocenters. The number of hydrogen-bond donors (Lipinski definition) is 2. The van der Waals surface area contributed by atoms with Gasteiger partial charge in [0.1, 0.15) is 0 Å². The Morgan fingerprint density at radius 2 is 1.59 bits per heavy atom. The highest BCUT2D eigenvalue weighted by molar-refractivity contribution is 6.30. The molecule has 144 valence electrons. The van der Waals surface area contributed by atoms with Gasteiger partial charge in [0.05, 0.1) is 14.2 Å². The van der Waals surface area contributed by atoms with E-state index in [0.29, 0.717) is 48.0 Å². The van der Waals surface area contributed by atoms with Crippen molar-refractivity contribution in [3.05, 3.63) is 58.6 Å². The minimum atomic E-state index is -0.244. The molecule has 6 nitrogen and oxygen atoms in total. The predicted molar refractivity (Wildman–Crippen MR) is 105 cm³/mol. The highest BCUT2D eigenvalue weighted by Gasteiger charge is 2.10. The van der Waals surface area contributed by atoms with Gasteiger partial charge >= 0.3 is 0 Å². The molecule has 0 unspecified atom stereocenters. The summed E-state index contributed by atoms with van der Waals surface area (Å²) in [5.41, 5.74) is 1.51. The number of nitrogens with one attached hydrogen (secondary N) is 2. The van der Waals surface area contributed by atoms with Gasteiger partial charge < -0.3 is 20.1 Å². The van der Waals surface area contributed by atoms with Crippen LogP contribution in [0.3, 0.4) is 0 Å². The molecule has 0 radical (unpaired) electrons. The summed E-state index contributed by atoms with van der Waals surface area (Å²) in [6, 6.07) is 12.3. The van der Waals surface area contributed by atoms with Gasteiger partial charge in [-0.15, -0.1) is 0 Å². The summed E-state index contributed by atoms with van der Waals surface area (Å²) in [6.45, 7) is 0.693. The summed E-state index contributed by atoms with van der Waals surface area (Å²) >= 11 is 5.83. The van der Waals surface area contributed by atoms with E-state index in [-0.39, 0.29) is 11.8 Å². The van der Waals surface area contributed by atoms with Gasteiger partial charge in [-0.2, -0.15) is 0 Å². The van der Waals surface area contributed by atoms with E-state index >= 15 is 0 Å².